The average molecular weight is 443 g/mol. The minimum Gasteiger partial charge on any atom is -0.467 e. The van der Waals surface area contributed by atoms with E-state index in [1.54, 1.807) is 22.2 Å². The molecule has 30 heavy (non-hydrogen) atoms. The molecule has 0 aromatic carbocycles. The molecule has 0 saturated carbocycles. The highest BCUT2D eigenvalue weighted by Crippen LogP contribution is 2.35. The van der Waals surface area contributed by atoms with Gasteiger partial charge in [-0.25, -0.2) is 9.67 Å². The van der Waals surface area contributed by atoms with Crippen molar-refractivity contribution in [1.29, 1.82) is 0 Å². The van der Waals surface area contributed by atoms with Gasteiger partial charge < -0.3 is 4.42 Å². The summed E-state index contributed by atoms with van der Waals surface area (Å²) >= 11 is 3.17. The quantitative estimate of drug-likeness (QED) is 0.318. The van der Waals surface area contributed by atoms with Gasteiger partial charge in [-0.3, -0.25) is 9.36 Å². The lowest BCUT2D eigenvalue weighted by molar-refractivity contribution is 0.476. The summed E-state index contributed by atoms with van der Waals surface area (Å²) < 4.78 is 9.07. The molecular formula is C20H22N6O2S2. The fourth-order valence-corrected chi connectivity index (χ4v) is 6.10. The van der Waals surface area contributed by atoms with E-state index in [4.69, 9.17) is 9.40 Å². The number of furan rings is 1. The van der Waals surface area contributed by atoms with Gasteiger partial charge in [0, 0.05) is 11.4 Å². The second-order valence-corrected chi connectivity index (χ2v) is 9.39. The van der Waals surface area contributed by atoms with Crippen LogP contribution in [0.25, 0.3) is 10.2 Å². The number of thioether (sulfide) groups is 1. The van der Waals surface area contributed by atoms with E-state index >= 15 is 0 Å². The van der Waals surface area contributed by atoms with E-state index in [9.17, 15) is 4.79 Å². The standard InChI is InChI=1S/C20H22N6O2S2/c1-2-9-26-16(22-23-24-26)12-29-20-21-18-17(14-7-3-4-8-15(14)30-18)19(27)25(20)11-13-6-5-10-28-13/h5-6,10H,2-4,7-9,11-12H2,1H3. The Morgan fingerprint density at radius 1 is 1.30 bits per heavy atom. The van der Waals surface area contributed by atoms with Gasteiger partial charge in [0.2, 0.25) is 0 Å². The zero-order valence-electron chi connectivity index (χ0n) is 16.7. The van der Waals surface area contributed by atoms with Crippen LogP contribution in [0.3, 0.4) is 0 Å². The Morgan fingerprint density at radius 2 is 2.20 bits per heavy atom. The van der Waals surface area contributed by atoms with Gasteiger partial charge in [-0.15, -0.1) is 16.4 Å². The summed E-state index contributed by atoms with van der Waals surface area (Å²) in [6.07, 6.45) is 6.91. The minimum absolute atomic E-state index is 0.0199. The van der Waals surface area contributed by atoms with E-state index in [0.29, 0.717) is 17.5 Å². The van der Waals surface area contributed by atoms with Crippen molar-refractivity contribution < 1.29 is 4.42 Å². The van der Waals surface area contributed by atoms with E-state index in [0.717, 1.165) is 54.0 Å². The molecule has 4 aromatic rings. The van der Waals surface area contributed by atoms with Crippen molar-refractivity contribution in [2.45, 2.75) is 63.0 Å². The molecule has 8 nitrogen and oxygen atoms in total. The molecule has 4 heterocycles. The monoisotopic (exact) mass is 442 g/mol. The Hall–Kier alpha value is -2.46. The molecule has 1 aliphatic carbocycles. The molecule has 1 aliphatic rings. The molecule has 5 rings (SSSR count). The van der Waals surface area contributed by atoms with E-state index in [2.05, 4.69) is 22.4 Å². The molecule has 4 aromatic heterocycles. The highest BCUT2D eigenvalue weighted by molar-refractivity contribution is 7.98. The van der Waals surface area contributed by atoms with Crippen molar-refractivity contribution in [2.75, 3.05) is 0 Å². The second kappa shape index (κ2) is 8.35. The molecular weight excluding hydrogens is 420 g/mol. The van der Waals surface area contributed by atoms with E-state index in [1.165, 1.54) is 28.6 Å². The highest BCUT2D eigenvalue weighted by Gasteiger charge is 2.23. The number of rotatable bonds is 7. The van der Waals surface area contributed by atoms with Crippen LogP contribution in [0.1, 0.15) is 48.2 Å². The first-order valence-corrected chi connectivity index (χ1v) is 12.0. The predicted octanol–water partition coefficient (Wildman–Crippen LogP) is 3.67. The number of nitrogens with zero attached hydrogens (tertiary/aromatic N) is 6. The van der Waals surface area contributed by atoms with Crippen LogP contribution in [-0.4, -0.2) is 29.8 Å². The summed E-state index contributed by atoms with van der Waals surface area (Å²) in [7, 11) is 0. The largest absolute Gasteiger partial charge is 0.467 e. The third-order valence-electron chi connectivity index (χ3n) is 5.31. The number of thiophene rings is 1. The molecule has 0 N–H and O–H groups in total. The number of fused-ring (bicyclic) bond motifs is 3. The zero-order chi connectivity index (χ0) is 20.5. The van der Waals surface area contributed by atoms with Crippen molar-refractivity contribution in [3.05, 3.63) is 50.8 Å². The van der Waals surface area contributed by atoms with Gasteiger partial charge in [0.1, 0.15) is 10.6 Å². The fraction of sp³-hybridized carbons (Fsp3) is 0.450. The Balaban J connectivity index is 1.56. The minimum atomic E-state index is 0.0199. The van der Waals surface area contributed by atoms with Gasteiger partial charge in [0.15, 0.2) is 11.0 Å². The maximum Gasteiger partial charge on any atom is 0.263 e. The van der Waals surface area contributed by atoms with Gasteiger partial charge in [-0.2, -0.15) is 0 Å². The normalized spacial score (nSPS) is 13.8. The maximum absolute atomic E-state index is 13.6. The zero-order valence-corrected chi connectivity index (χ0v) is 18.3. The van der Waals surface area contributed by atoms with E-state index < -0.39 is 0 Å². The molecule has 156 valence electrons. The number of tetrazole rings is 1. The first-order chi connectivity index (χ1) is 14.7. The Morgan fingerprint density at radius 3 is 3.03 bits per heavy atom. The molecule has 0 unspecified atom stereocenters. The summed E-state index contributed by atoms with van der Waals surface area (Å²) in [4.78, 5) is 20.7. The van der Waals surface area contributed by atoms with Crippen LogP contribution in [0.15, 0.2) is 32.8 Å². The molecule has 0 radical (unpaired) electrons. The summed E-state index contributed by atoms with van der Waals surface area (Å²) in [5.41, 5.74) is 1.22. The van der Waals surface area contributed by atoms with Crippen molar-refractivity contribution >= 4 is 33.3 Å². The third-order valence-corrected chi connectivity index (χ3v) is 7.46. The number of hydrogen-bond donors (Lipinski definition) is 0. The van der Waals surface area contributed by atoms with Crippen LogP contribution >= 0.6 is 23.1 Å². The number of hydrogen-bond acceptors (Lipinski definition) is 8. The molecule has 0 amide bonds. The van der Waals surface area contributed by atoms with Gasteiger partial charge in [-0.1, -0.05) is 18.7 Å². The van der Waals surface area contributed by atoms with Crippen molar-refractivity contribution in [3.63, 3.8) is 0 Å². The van der Waals surface area contributed by atoms with E-state index in [-0.39, 0.29) is 5.56 Å². The summed E-state index contributed by atoms with van der Waals surface area (Å²) in [6.45, 7) is 3.22. The first-order valence-electron chi connectivity index (χ1n) is 10.2. The molecule has 0 aliphatic heterocycles. The number of aryl methyl sites for hydroxylation is 3. The second-order valence-electron chi connectivity index (χ2n) is 7.36. The fourth-order valence-electron chi connectivity index (χ4n) is 3.87. The third kappa shape index (κ3) is 3.58. The first kappa shape index (κ1) is 19.5. The van der Waals surface area contributed by atoms with E-state index in [1.807, 2.05) is 16.8 Å². The van der Waals surface area contributed by atoms with Crippen LogP contribution in [0, 0.1) is 0 Å². The van der Waals surface area contributed by atoms with Crippen LogP contribution in [0.2, 0.25) is 0 Å². The summed E-state index contributed by atoms with van der Waals surface area (Å²) in [6, 6.07) is 3.72. The van der Waals surface area contributed by atoms with Crippen LogP contribution < -0.4 is 5.56 Å². The van der Waals surface area contributed by atoms with Gasteiger partial charge >= 0.3 is 0 Å². The average Bonchev–Trinajstić information content (AvgIpc) is 3.49. The van der Waals surface area contributed by atoms with Crippen LogP contribution in [-0.2, 0) is 31.7 Å². The lowest BCUT2D eigenvalue weighted by atomic mass is 9.97. The molecule has 0 saturated heterocycles. The molecule has 0 atom stereocenters. The Bertz CT molecular complexity index is 1220. The number of aromatic nitrogens is 6. The highest BCUT2D eigenvalue weighted by atomic mass is 32.2. The van der Waals surface area contributed by atoms with Gasteiger partial charge in [0.25, 0.3) is 5.56 Å². The summed E-state index contributed by atoms with van der Waals surface area (Å²) in [5, 5.41) is 13.5. The Labute approximate surface area is 181 Å². The smallest absolute Gasteiger partial charge is 0.263 e. The topological polar surface area (TPSA) is 91.6 Å². The van der Waals surface area contributed by atoms with Gasteiger partial charge in [-0.05, 0) is 60.2 Å². The Kier molecular flexibility index (Phi) is 5.43. The van der Waals surface area contributed by atoms with Gasteiger partial charge in [0.05, 0.1) is 23.9 Å². The lowest BCUT2D eigenvalue weighted by Gasteiger charge is -2.12. The SMILES string of the molecule is CCCn1nnnc1CSc1nc2sc3c(c2c(=O)n1Cc1ccco1)CCCC3. The molecule has 0 bridgehead atoms. The van der Waals surface area contributed by atoms with Crippen LogP contribution in [0.5, 0.6) is 0 Å². The van der Waals surface area contributed by atoms with Crippen LogP contribution in [0.4, 0.5) is 0 Å². The van der Waals surface area contributed by atoms with Crippen molar-refractivity contribution in [1.82, 2.24) is 29.8 Å². The van der Waals surface area contributed by atoms with Crippen molar-refractivity contribution in [3.8, 4) is 0 Å². The maximum atomic E-state index is 13.6. The molecule has 0 fully saturated rings. The molecule has 10 heteroatoms. The molecule has 0 spiro atoms. The summed E-state index contributed by atoms with van der Waals surface area (Å²) in [5.74, 6) is 2.07. The predicted molar refractivity (Wildman–Crippen MR) is 116 cm³/mol. The van der Waals surface area contributed by atoms with Crippen molar-refractivity contribution in [2.24, 2.45) is 0 Å². The lowest BCUT2D eigenvalue weighted by Crippen LogP contribution is -2.24.